The zero-order valence-electron chi connectivity index (χ0n) is 13.8. The van der Waals surface area contributed by atoms with Crippen molar-refractivity contribution < 1.29 is 18.3 Å². The van der Waals surface area contributed by atoms with Crippen LogP contribution in [0.25, 0.3) is 10.8 Å². The molecule has 0 aromatic heterocycles. The summed E-state index contributed by atoms with van der Waals surface area (Å²) in [5.41, 5.74) is 1.08. The maximum atomic E-state index is 12.3. The number of nitrogens with two attached hydrogens (primary N) is 1. The Kier molecular flexibility index (Phi) is 4.92. The van der Waals surface area contributed by atoms with Crippen molar-refractivity contribution in [3.8, 4) is 5.75 Å². The summed E-state index contributed by atoms with van der Waals surface area (Å²) in [6, 6.07) is 16.9. The maximum absolute atomic E-state index is 12.3. The van der Waals surface area contributed by atoms with Gasteiger partial charge in [0.2, 0.25) is 10.0 Å². The fourth-order valence-corrected chi connectivity index (χ4v) is 3.19. The van der Waals surface area contributed by atoms with Crippen molar-refractivity contribution in [3.63, 3.8) is 0 Å². The van der Waals surface area contributed by atoms with E-state index in [1.165, 1.54) is 12.1 Å². The van der Waals surface area contributed by atoms with Crippen molar-refractivity contribution >= 4 is 26.7 Å². The Bertz CT molecular complexity index is 1060. The van der Waals surface area contributed by atoms with Crippen LogP contribution in [0.2, 0.25) is 0 Å². The molecule has 0 spiro atoms. The number of benzene rings is 3. The molecule has 3 aromatic carbocycles. The van der Waals surface area contributed by atoms with Gasteiger partial charge in [-0.05, 0) is 47.0 Å². The fourth-order valence-electron chi connectivity index (χ4n) is 2.67. The first kappa shape index (κ1) is 17.9. The number of amides is 1. The second kappa shape index (κ2) is 7.15. The number of rotatable bonds is 5. The Morgan fingerprint density at radius 1 is 1.00 bits per heavy atom. The van der Waals surface area contributed by atoms with E-state index in [4.69, 9.17) is 5.14 Å². The maximum Gasteiger partial charge on any atom is 0.255 e. The summed E-state index contributed by atoms with van der Waals surface area (Å²) in [7, 11) is -3.71. The number of hydrogen-bond acceptors (Lipinski definition) is 4. The highest BCUT2D eigenvalue weighted by molar-refractivity contribution is 7.89. The minimum Gasteiger partial charge on any atom is -0.507 e. The lowest BCUT2D eigenvalue weighted by molar-refractivity contribution is 0.0951. The van der Waals surface area contributed by atoms with Gasteiger partial charge in [0, 0.05) is 6.54 Å². The van der Waals surface area contributed by atoms with Gasteiger partial charge in [0.15, 0.2) is 0 Å². The lowest BCUT2D eigenvalue weighted by atomic mass is 10.1. The number of aromatic hydroxyl groups is 1. The topological polar surface area (TPSA) is 109 Å². The highest BCUT2D eigenvalue weighted by Gasteiger charge is 2.12. The van der Waals surface area contributed by atoms with Crippen LogP contribution >= 0.6 is 0 Å². The Morgan fingerprint density at radius 2 is 1.62 bits per heavy atom. The van der Waals surface area contributed by atoms with Gasteiger partial charge < -0.3 is 10.4 Å². The van der Waals surface area contributed by atoms with E-state index in [0.717, 1.165) is 16.3 Å². The lowest BCUT2D eigenvalue weighted by Crippen LogP contribution is -2.25. The Morgan fingerprint density at radius 3 is 2.23 bits per heavy atom. The standard InChI is InChI=1S/C19H18N2O4S/c20-26(24,25)16-7-5-13(6-8-16)9-10-21-19(23)17-11-14-3-1-2-4-15(14)12-18(17)22/h1-8,11-12,22H,9-10H2,(H,21,23)(H2,20,24,25). The van der Waals surface area contributed by atoms with Gasteiger partial charge in [0.1, 0.15) is 5.75 Å². The van der Waals surface area contributed by atoms with E-state index in [9.17, 15) is 18.3 Å². The molecular weight excluding hydrogens is 352 g/mol. The Balaban J connectivity index is 1.65. The molecule has 1 amide bonds. The van der Waals surface area contributed by atoms with Crippen molar-refractivity contribution in [2.45, 2.75) is 11.3 Å². The molecule has 0 aliphatic carbocycles. The number of carbonyl (C=O) groups is 1. The van der Waals surface area contributed by atoms with Crippen LogP contribution < -0.4 is 10.5 Å². The molecule has 0 saturated carbocycles. The first-order valence-electron chi connectivity index (χ1n) is 7.96. The zero-order chi connectivity index (χ0) is 18.7. The molecule has 7 heteroatoms. The first-order valence-corrected chi connectivity index (χ1v) is 9.51. The van der Waals surface area contributed by atoms with E-state index >= 15 is 0 Å². The highest BCUT2D eigenvalue weighted by Crippen LogP contribution is 2.24. The van der Waals surface area contributed by atoms with E-state index in [1.807, 2.05) is 24.3 Å². The van der Waals surface area contributed by atoms with E-state index in [2.05, 4.69) is 5.32 Å². The molecule has 0 fully saturated rings. The molecule has 0 heterocycles. The number of carbonyl (C=O) groups excluding carboxylic acids is 1. The number of phenols is 1. The van der Waals surface area contributed by atoms with E-state index in [-0.39, 0.29) is 22.1 Å². The summed E-state index contributed by atoms with van der Waals surface area (Å²) in [4.78, 5) is 12.4. The smallest absolute Gasteiger partial charge is 0.255 e. The summed E-state index contributed by atoms with van der Waals surface area (Å²) < 4.78 is 22.5. The molecule has 3 aromatic rings. The van der Waals surface area contributed by atoms with Gasteiger partial charge in [-0.15, -0.1) is 0 Å². The van der Waals surface area contributed by atoms with Crippen LogP contribution in [0.1, 0.15) is 15.9 Å². The number of phenolic OH excluding ortho intramolecular Hbond substituents is 1. The molecule has 0 bridgehead atoms. The van der Waals surface area contributed by atoms with Crippen molar-refractivity contribution in [1.82, 2.24) is 5.32 Å². The molecule has 0 aliphatic heterocycles. The molecule has 6 nitrogen and oxygen atoms in total. The second-order valence-electron chi connectivity index (χ2n) is 5.91. The van der Waals surface area contributed by atoms with Crippen LogP contribution in [0.4, 0.5) is 0 Å². The van der Waals surface area contributed by atoms with Crippen LogP contribution in [-0.4, -0.2) is 26.0 Å². The van der Waals surface area contributed by atoms with E-state index < -0.39 is 10.0 Å². The molecule has 3 rings (SSSR count). The number of primary sulfonamides is 1. The molecule has 0 aliphatic rings. The predicted molar refractivity (Wildman–Crippen MR) is 99.5 cm³/mol. The third-order valence-electron chi connectivity index (χ3n) is 4.06. The summed E-state index contributed by atoms with van der Waals surface area (Å²) in [5.74, 6) is -0.437. The van der Waals surface area contributed by atoms with Gasteiger partial charge in [0.25, 0.3) is 5.91 Å². The average molecular weight is 370 g/mol. The van der Waals surface area contributed by atoms with E-state index in [0.29, 0.717) is 13.0 Å². The van der Waals surface area contributed by atoms with Crippen LogP contribution in [0, 0.1) is 0 Å². The zero-order valence-corrected chi connectivity index (χ0v) is 14.7. The number of sulfonamides is 1. The lowest BCUT2D eigenvalue weighted by Gasteiger charge is -2.09. The van der Waals surface area contributed by atoms with Crippen molar-refractivity contribution in [3.05, 3.63) is 71.8 Å². The van der Waals surface area contributed by atoms with Crippen LogP contribution in [0.15, 0.2) is 65.6 Å². The summed E-state index contributed by atoms with van der Waals surface area (Å²) >= 11 is 0. The quantitative estimate of drug-likeness (QED) is 0.639. The van der Waals surface area contributed by atoms with Crippen molar-refractivity contribution in [2.75, 3.05) is 6.54 Å². The average Bonchev–Trinajstić information content (AvgIpc) is 2.60. The monoisotopic (exact) mass is 370 g/mol. The normalized spacial score (nSPS) is 11.4. The van der Waals surface area contributed by atoms with Gasteiger partial charge in [0.05, 0.1) is 10.5 Å². The van der Waals surface area contributed by atoms with Crippen molar-refractivity contribution in [2.24, 2.45) is 5.14 Å². The fraction of sp³-hybridized carbons (Fsp3) is 0.105. The Hall–Kier alpha value is -2.90. The number of fused-ring (bicyclic) bond motifs is 1. The largest absolute Gasteiger partial charge is 0.507 e. The molecule has 0 unspecified atom stereocenters. The minimum absolute atomic E-state index is 0.0476. The molecule has 26 heavy (non-hydrogen) atoms. The minimum atomic E-state index is -3.71. The van der Waals surface area contributed by atoms with Gasteiger partial charge in [-0.1, -0.05) is 36.4 Å². The predicted octanol–water partition coefficient (Wildman–Crippen LogP) is 2.17. The van der Waals surface area contributed by atoms with Gasteiger partial charge in [-0.3, -0.25) is 4.79 Å². The summed E-state index contributed by atoms with van der Waals surface area (Å²) in [6.07, 6.45) is 0.519. The summed E-state index contributed by atoms with van der Waals surface area (Å²) in [5, 5.41) is 19.6. The third kappa shape index (κ3) is 4.01. The van der Waals surface area contributed by atoms with Crippen LogP contribution in [0.5, 0.6) is 5.75 Å². The van der Waals surface area contributed by atoms with Crippen molar-refractivity contribution in [1.29, 1.82) is 0 Å². The van der Waals surface area contributed by atoms with Gasteiger partial charge in [-0.2, -0.15) is 0 Å². The first-order chi connectivity index (χ1) is 12.3. The van der Waals surface area contributed by atoms with Crippen LogP contribution in [0.3, 0.4) is 0 Å². The van der Waals surface area contributed by atoms with Gasteiger partial charge >= 0.3 is 0 Å². The third-order valence-corrected chi connectivity index (χ3v) is 4.99. The second-order valence-corrected chi connectivity index (χ2v) is 7.47. The number of nitrogens with one attached hydrogen (secondary N) is 1. The van der Waals surface area contributed by atoms with Crippen LogP contribution in [-0.2, 0) is 16.4 Å². The molecular formula is C19H18N2O4S. The van der Waals surface area contributed by atoms with Gasteiger partial charge in [-0.25, -0.2) is 13.6 Å². The highest BCUT2D eigenvalue weighted by atomic mass is 32.2. The molecule has 4 N–H and O–H groups in total. The Labute approximate surface area is 151 Å². The summed E-state index contributed by atoms with van der Waals surface area (Å²) in [6.45, 7) is 0.347. The van der Waals surface area contributed by atoms with E-state index in [1.54, 1.807) is 24.3 Å². The SMILES string of the molecule is NS(=O)(=O)c1ccc(CCNC(=O)c2cc3ccccc3cc2O)cc1. The molecule has 0 saturated heterocycles. The molecule has 0 radical (unpaired) electrons. The molecule has 134 valence electrons. The molecule has 0 atom stereocenters. The number of hydrogen-bond donors (Lipinski definition) is 3.